The first-order chi connectivity index (χ1) is 12.6. The molecule has 0 atom stereocenters. The summed E-state index contributed by atoms with van der Waals surface area (Å²) < 4.78 is 0. The van der Waals surface area contributed by atoms with Crippen molar-refractivity contribution in [2.45, 2.75) is 0 Å². The molecule has 0 spiro atoms. The van der Waals surface area contributed by atoms with Gasteiger partial charge in [0.05, 0.1) is 16.4 Å². The minimum atomic E-state index is -0.318. The second-order valence-corrected chi connectivity index (χ2v) is 7.01. The fourth-order valence-corrected chi connectivity index (χ4v) is 3.66. The number of rotatable bonds is 3. The van der Waals surface area contributed by atoms with Gasteiger partial charge in [0.1, 0.15) is 15.5 Å². The van der Waals surface area contributed by atoms with Gasteiger partial charge >= 0.3 is 0 Å². The second kappa shape index (κ2) is 6.74. The Hall–Kier alpha value is -2.96. The number of nitrogen functional groups attached to an aromatic ring is 1. The number of thiophene rings is 1. The molecule has 0 saturated heterocycles. The van der Waals surface area contributed by atoms with Crippen molar-refractivity contribution in [3.63, 3.8) is 0 Å². The predicted molar refractivity (Wildman–Crippen MR) is 107 cm³/mol. The maximum Gasteiger partial charge on any atom is 0.269 e. The number of nitrogens with two attached hydrogens (primary N) is 1. The van der Waals surface area contributed by atoms with Gasteiger partial charge in [0.15, 0.2) is 0 Å². The van der Waals surface area contributed by atoms with E-state index in [1.54, 1.807) is 12.1 Å². The number of pyridine rings is 2. The quantitative estimate of drug-likeness (QED) is 0.532. The lowest BCUT2D eigenvalue weighted by Crippen LogP contribution is -2.12. The van der Waals surface area contributed by atoms with Gasteiger partial charge < -0.3 is 11.1 Å². The van der Waals surface area contributed by atoms with Crippen molar-refractivity contribution in [1.82, 2.24) is 9.97 Å². The van der Waals surface area contributed by atoms with E-state index in [-0.39, 0.29) is 5.91 Å². The highest BCUT2D eigenvalue weighted by atomic mass is 35.5. The lowest BCUT2D eigenvalue weighted by Gasteiger charge is -2.03. The number of anilines is 2. The molecule has 3 heterocycles. The van der Waals surface area contributed by atoms with Crippen LogP contribution in [0.25, 0.3) is 21.5 Å². The van der Waals surface area contributed by atoms with Crippen LogP contribution in [0.5, 0.6) is 0 Å². The number of nitrogens with zero attached hydrogens (tertiary/aromatic N) is 2. The number of nitrogens with one attached hydrogen (secondary N) is 1. The van der Waals surface area contributed by atoms with E-state index in [0.717, 1.165) is 21.5 Å². The zero-order chi connectivity index (χ0) is 18.1. The van der Waals surface area contributed by atoms with Crippen LogP contribution < -0.4 is 11.1 Å². The van der Waals surface area contributed by atoms with E-state index in [1.165, 1.54) is 17.5 Å². The van der Waals surface area contributed by atoms with Gasteiger partial charge in [-0.25, -0.2) is 9.97 Å². The average Bonchev–Trinajstić information content (AvgIpc) is 3.00. The van der Waals surface area contributed by atoms with E-state index >= 15 is 0 Å². The van der Waals surface area contributed by atoms with Crippen LogP contribution in [0.1, 0.15) is 9.67 Å². The van der Waals surface area contributed by atoms with Crippen LogP contribution in [0.3, 0.4) is 0 Å². The number of carbonyl (C=O) groups is 1. The third-order valence-corrected chi connectivity index (χ3v) is 5.18. The molecule has 0 saturated carbocycles. The fourth-order valence-electron chi connectivity index (χ4n) is 2.56. The minimum Gasteiger partial charge on any atom is -0.397 e. The molecule has 0 aliphatic rings. The van der Waals surface area contributed by atoms with Crippen LogP contribution >= 0.6 is 22.9 Å². The van der Waals surface area contributed by atoms with Gasteiger partial charge in [0, 0.05) is 17.1 Å². The molecule has 0 aliphatic carbocycles. The Morgan fingerprint density at radius 1 is 1.08 bits per heavy atom. The molecule has 1 amide bonds. The maximum absolute atomic E-state index is 12.6. The first-order valence-electron chi connectivity index (χ1n) is 7.79. The first kappa shape index (κ1) is 16.5. The van der Waals surface area contributed by atoms with E-state index in [2.05, 4.69) is 15.3 Å². The Morgan fingerprint density at radius 2 is 1.88 bits per heavy atom. The number of benzene rings is 1. The average molecular weight is 381 g/mol. The fraction of sp³-hybridized carbons (Fsp3) is 0. The van der Waals surface area contributed by atoms with E-state index in [4.69, 9.17) is 17.3 Å². The summed E-state index contributed by atoms with van der Waals surface area (Å²) in [6.45, 7) is 0. The van der Waals surface area contributed by atoms with E-state index in [9.17, 15) is 4.79 Å². The van der Waals surface area contributed by atoms with E-state index < -0.39 is 0 Å². The van der Waals surface area contributed by atoms with Gasteiger partial charge in [0.25, 0.3) is 5.91 Å². The highest BCUT2D eigenvalue weighted by Crippen LogP contribution is 2.34. The highest BCUT2D eigenvalue weighted by Gasteiger charge is 2.18. The standard InChI is InChI=1S/C19H13ClN4OS/c20-12-6-9-15(22-10-12)24-18(25)17-16(21)13-7-8-14(23-19(13)26-17)11-4-2-1-3-5-11/h1-10H,21H2,(H,22,24,25). The Kier molecular flexibility index (Phi) is 4.28. The Labute approximate surface area is 158 Å². The van der Waals surface area contributed by atoms with Crippen molar-refractivity contribution in [2.75, 3.05) is 11.1 Å². The van der Waals surface area contributed by atoms with Crippen LogP contribution in [0.4, 0.5) is 11.5 Å². The van der Waals surface area contributed by atoms with Crippen molar-refractivity contribution >= 4 is 50.6 Å². The smallest absolute Gasteiger partial charge is 0.269 e. The van der Waals surface area contributed by atoms with Crippen LogP contribution in [-0.2, 0) is 0 Å². The van der Waals surface area contributed by atoms with Crippen molar-refractivity contribution < 1.29 is 4.79 Å². The van der Waals surface area contributed by atoms with Gasteiger partial charge in [-0.3, -0.25) is 4.79 Å². The summed E-state index contributed by atoms with van der Waals surface area (Å²) in [4.78, 5) is 22.4. The first-order valence-corrected chi connectivity index (χ1v) is 8.98. The van der Waals surface area contributed by atoms with Gasteiger partial charge in [-0.2, -0.15) is 0 Å². The van der Waals surface area contributed by atoms with Crippen LogP contribution in [0.2, 0.25) is 5.02 Å². The summed E-state index contributed by atoms with van der Waals surface area (Å²) in [5.74, 6) is 0.0933. The van der Waals surface area contributed by atoms with Crippen LogP contribution in [-0.4, -0.2) is 15.9 Å². The molecule has 3 N–H and O–H groups in total. The van der Waals surface area contributed by atoms with E-state index in [0.29, 0.717) is 21.4 Å². The van der Waals surface area contributed by atoms with Gasteiger partial charge in [0.2, 0.25) is 0 Å². The molecule has 1 aromatic carbocycles. The molecule has 128 valence electrons. The monoisotopic (exact) mass is 380 g/mol. The summed E-state index contributed by atoms with van der Waals surface area (Å²) >= 11 is 7.07. The molecule has 4 aromatic rings. The lowest BCUT2D eigenvalue weighted by molar-refractivity contribution is 0.103. The molecule has 0 bridgehead atoms. The molecule has 4 rings (SSSR count). The van der Waals surface area contributed by atoms with Gasteiger partial charge in [-0.15, -0.1) is 11.3 Å². The number of hydrogen-bond acceptors (Lipinski definition) is 5. The van der Waals surface area contributed by atoms with Crippen molar-refractivity contribution in [3.05, 3.63) is 70.7 Å². The number of amides is 1. The third kappa shape index (κ3) is 3.12. The highest BCUT2D eigenvalue weighted by molar-refractivity contribution is 7.21. The number of hydrogen-bond donors (Lipinski definition) is 2. The molecule has 0 fully saturated rings. The molecule has 0 aliphatic heterocycles. The summed E-state index contributed by atoms with van der Waals surface area (Å²) in [6.07, 6.45) is 1.47. The number of halogens is 1. The molecule has 3 aromatic heterocycles. The number of aromatic nitrogens is 2. The summed E-state index contributed by atoms with van der Waals surface area (Å²) in [5, 5.41) is 4.00. The summed E-state index contributed by atoms with van der Waals surface area (Å²) in [5.41, 5.74) is 8.44. The predicted octanol–water partition coefficient (Wildman–Crippen LogP) is 4.85. The minimum absolute atomic E-state index is 0.318. The second-order valence-electron chi connectivity index (χ2n) is 5.58. The molecule has 0 radical (unpaired) electrons. The molecular weight excluding hydrogens is 368 g/mol. The van der Waals surface area contributed by atoms with Crippen LogP contribution in [0.15, 0.2) is 60.8 Å². The van der Waals surface area contributed by atoms with Gasteiger partial charge in [-0.1, -0.05) is 41.9 Å². The topological polar surface area (TPSA) is 80.9 Å². The van der Waals surface area contributed by atoms with Crippen molar-refractivity contribution in [2.24, 2.45) is 0 Å². The van der Waals surface area contributed by atoms with Crippen molar-refractivity contribution in [1.29, 1.82) is 0 Å². The number of carbonyl (C=O) groups excluding carboxylic acids is 1. The van der Waals surface area contributed by atoms with Crippen LogP contribution in [0, 0.1) is 0 Å². The Bertz CT molecular complexity index is 1090. The zero-order valence-electron chi connectivity index (χ0n) is 13.4. The molecule has 0 unspecified atom stereocenters. The molecule has 5 nitrogen and oxygen atoms in total. The molecule has 26 heavy (non-hydrogen) atoms. The molecule has 7 heteroatoms. The van der Waals surface area contributed by atoms with E-state index in [1.807, 2.05) is 42.5 Å². The van der Waals surface area contributed by atoms with Gasteiger partial charge in [-0.05, 0) is 24.3 Å². The third-order valence-electron chi connectivity index (χ3n) is 3.84. The maximum atomic E-state index is 12.6. The summed E-state index contributed by atoms with van der Waals surface area (Å²) in [6, 6.07) is 17.0. The lowest BCUT2D eigenvalue weighted by atomic mass is 10.1. The SMILES string of the molecule is Nc1c(C(=O)Nc2ccc(Cl)cn2)sc2nc(-c3ccccc3)ccc12. The Morgan fingerprint density at radius 3 is 2.62 bits per heavy atom. The normalized spacial score (nSPS) is 10.8. The molecular formula is C19H13ClN4OS. The number of fused-ring (bicyclic) bond motifs is 1. The largest absolute Gasteiger partial charge is 0.397 e. The Balaban J connectivity index is 1.68. The zero-order valence-corrected chi connectivity index (χ0v) is 15.0. The van der Waals surface area contributed by atoms with Crippen molar-refractivity contribution in [3.8, 4) is 11.3 Å². The summed E-state index contributed by atoms with van der Waals surface area (Å²) in [7, 11) is 0.